The topological polar surface area (TPSA) is 66.7 Å². The lowest BCUT2D eigenvalue weighted by molar-refractivity contribution is 0.0220. The smallest absolute Gasteiger partial charge is 0.191 e. The van der Waals surface area contributed by atoms with Crippen molar-refractivity contribution in [1.29, 1.82) is 0 Å². The fourth-order valence-electron chi connectivity index (χ4n) is 2.95. The third-order valence-electron chi connectivity index (χ3n) is 4.57. The van der Waals surface area contributed by atoms with Gasteiger partial charge in [0.2, 0.25) is 0 Å². The van der Waals surface area contributed by atoms with Gasteiger partial charge in [0.15, 0.2) is 5.96 Å². The highest BCUT2D eigenvalue weighted by Gasteiger charge is 2.16. The van der Waals surface area contributed by atoms with E-state index >= 15 is 0 Å². The van der Waals surface area contributed by atoms with Gasteiger partial charge >= 0.3 is 0 Å². The average Bonchev–Trinajstić information content (AvgIpc) is 3.04. The molecular formula is C18H34N6O. The minimum absolute atomic E-state index is 0.448. The molecule has 1 aromatic rings. The van der Waals surface area contributed by atoms with Gasteiger partial charge in [-0.15, -0.1) is 0 Å². The third-order valence-corrected chi connectivity index (χ3v) is 4.57. The van der Waals surface area contributed by atoms with Crippen molar-refractivity contribution >= 4 is 5.96 Å². The molecule has 142 valence electrons. The average molecular weight is 351 g/mol. The van der Waals surface area contributed by atoms with Gasteiger partial charge in [-0.2, -0.15) is 0 Å². The molecule has 0 saturated carbocycles. The van der Waals surface area contributed by atoms with E-state index in [2.05, 4.69) is 38.9 Å². The number of nitrogens with zero attached hydrogens (tertiary/aromatic N) is 4. The first kappa shape index (κ1) is 19.7. The number of guanidine groups is 1. The highest BCUT2D eigenvalue weighted by molar-refractivity contribution is 5.79. The van der Waals surface area contributed by atoms with Gasteiger partial charge in [-0.25, -0.2) is 4.98 Å². The maximum atomic E-state index is 5.42. The van der Waals surface area contributed by atoms with E-state index in [0.717, 1.165) is 77.1 Å². The van der Waals surface area contributed by atoms with Crippen LogP contribution in [0.25, 0.3) is 0 Å². The second kappa shape index (κ2) is 11.1. The van der Waals surface area contributed by atoms with Crippen LogP contribution in [-0.4, -0.2) is 72.4 Å². The Hall–Kier alpha value is -1.60. The Labute approximate surface area is 151 Å². The number of nitrogens with one attached hydrogen (secondary N) is 2. The zero-order valence-corrected chi connectivity index (χ0v) is 16.0. The van der Waals surface area contributed by atoms with Gasteiger partial charge < -0.3 is 19.9 Å². The van der Waals surface area contributed by atoms with Gasteiger partial charge in [-0.05, 0) is 33.6 Å². The number of morpholine rings is 1. The first-order valence-electron chi connectivity index (χ1n) is 9.52. The molecule has 1 atom stereocenters. The van der Waals surface area contributed by atoms with Crippen molar-refractivity contribution in [3.8, 4) is 0 Å². The highest BCUT2D eigenvalue weighted by atomic mass is 16.5. The summed E-state index contributed by atoms with van der Waals surface area (Å²) in [5.74, 6) is 2.00. The Balaban J connectivity index is 1.67. The molecule has 2 heterocycles. The van der Waals surface area contributed by atoms with Gasteiger partial charge in [0.25, 0.3) is 0 Å². The van der Waals surface area contributed by atoms with Crippen LogP contribution in [0.4, 0.5) is 0 Å². The summed E-state index contributed by atoms with van der Waals surface area (Å²) in [5.41, 5.74) is 0. The molecular weight excluding hydrogens is 316 g/mol. The lowest BCUT2D eigenvalue weighted by Gasteiger charge is -2.31. The van der Waals surface area contributed by atoms with Crippen molar-refractivity contribution in [3.05, 3.63) is 18.2 Å². The molecule has 2 N–H and O–H groups in total. The van der Waals surface area contributed by atoms with E-state index in [4.69, 9.17) is 9.73 Å². The number of aryl methyl sites for hydroxylation is 2. The summed E-state index contributed by atoms with van der Waals surface area (Å²) < 4.78 is 7.61. The van der Waals surface area contributed by atoms with Gasteiger partial charge in [-0.3, -0.25) is 9.89 Å². The molecule has 1 aliphatic rings. The van der Waals surface area contributed by atoms with Gasteiger partial charge in [0, 0.05) is 51.2 Å². The molecule has 0 radical (unpaired) electrons. The Morgan fingerprint density at radius 2 is 2.12 bits per heavy atom. The first-order valence-corrected chi connectivity index (χ1v) is 9.52. The van der Waals surface area contributed by atoms with Crippen molar-refractivity contribution in [2.45, 2.75) is 46.2 Å². The number of ether oxygens (including phenoxy) is 1. The number of aromatic nitrogens is 2. The number of aliphatic imine (C=N–C) groups is 1. The van der Waals surface area contributed by atoms with E-state index < -0.39 is 0 Å². The zero-order valence-electron chi connectivity index (χ0n) is 16.0. The van der Waals surface area contributed by atoms with Crippen molar-refractivity contribution in [1.82, 2.24) is 25.1 Å². The molecule has 25 heavy (non-hydrogen) atoms. The predicted molar refractivity (Wildman–Crippen MR) is 102 cm³/mol. The van der Waals surface area contributed by atoms with Crippen LogP contribution in [0, 0.1) is 6.92 Å². The Bertz CT molecular complexity index is 509. The van der Waals surface area contributed by atoms with Crippen LogP contribution in [0.3, 0.4) is 0 Å². The van der Waals surface area contributed by atoms with Crippen molar-refractivity contribution in [3.63, 3.8) is 0 Å². The van der Waals surface area contributed by atoms with Crippen LogP contribution >= 0.6 is 0 Å². The van der Waals surface area contributed by atoms with Gasteiger partial charge in [-0.1, -0.05) is 0 Å². The second-order valence-electron chi connectivity index (χ2n) is 6.52. The van der Waals surface area contributed by atoms with Gasteiger partial charge in [0.05, 0.1) is 19.8 Å². The van der Waals surface area contributed by atoms with E-state index in [-0.39, 0.29) is 0 Å². The predicted octanol–water partition coefficient (Wildman–Crippen LogP) is 1.25. The van der Waals surface area contributed by atoms with E-state index in [1.54, 1.807) is 0 Å². The number of imidazole rings is 1. The molecule has 0 spiro atoms. The first-order chi connectivity index (χ1) is 12.2. The van der Waals surface area contributed by atoms with Gasteiger partial charge in [0.1, 0.15) is 5.82 Å². The van der Waals surface area contributed by atoms with Crippen LogP contribution < -0.4 is 10.6 Å². The van der Waals surface area contributed by atoms with E-state index in [0.29, 0.717) is 6.04 Å². The molecule has 7 nitrogen and oxygen atoms in total. The van der Waals surface area contributed by atoms with Crippen LogP contribution in [0.1, 0.15) is 32.5 Å². The second-order valence-corrected chi connectivity index (χ2v) is 6.52. The fourth-order valence-corrected chi connectivity index (χ4v) is 2.95. The number of rotatable bonds is 9. The number of hydrogen-bond donors (Lipinski definition) is 2. The van der Waals surface area contributed by atoms with Crippen LogP contribution in [-0.2, 0) is 11.3 Å². The minimum Gasteiger partial charge on any atom is -0.379 e. The maximum absolute atomic E-state index is 5.42. The van der Waals surface area contributed by atoms with Crippen LogP contribution in [0.15, 0.2) is 17.4 Å². The third kappa shape index (κ3) is 7.04. The summed E-state index contributed by atoms with van der Waals surface area (Å²) in [6, 6.07) is 0.448. The molecule has 1 unspecified atom stereocenters. The van der Waals surface area contributed by atoms with Crippen LogP contribution in [0.5, 0.6) is 0 Å². The lowest BCUT2D eigenvalue weighted by atomic mass is 10.2. The number of unbranched alkanes of at least 4 members (excludes halogenated alkanes) is 1. The molecule has 2 rings (SSSR count). The number of hydrogen-bond acceptors (Lipinski definition) is 4. The zero-order chi connectivity index (χ0) is 17.9. The molecule has 0 bridgehead atoms. The molecule has 1 fully saturated rings. The Morgan fingerprint density at radius 3 is 2.80 bits per heavy atom. The monoisotopic (exact) mass is 350 g/mol. The van der Waals surface area contributed by atoms with E-state index in [9.17, 15) is 0 Å². The summed E-state index contributed by atoms with van der Waals surface area (Å²) in [6.45, 7) is 13.7. The summed E-state index contributed by atoms with van der Waals surface area (Å²) in [4.78, 5) is 11.4. The normalized spacial score (nSPS) is 17.5. The molecule has 0 aromatic carbocycles. The summed E-state index contributed by atoms with van der Waals surface area (Å²) in [5, 5.41) is 6.78. The molecule has 0 amide bonds. The highest BCUT2D eigenvalue weighted by Crippen LogP contribution is 2.04. The van der Waals surface area contributed by atoms with Crippen molar-refractivity contribution in [2.24, 2.45) is 4.99 Å². The summed E-state index contributed by atoms with van der Waals surface area (Å²) in [6.07, 6.45) is 6.15. The molecule has 7 heteroatoms. The molecule has 1 aromatic heterocycles. The molecule has 1 saturated heterocycles. The van der Waals surface area contributed by atoms with E-state index in [1.165, 1.54) is 0 Å². The molecule has 0 aliphatic carbocycles. The largest absolute Gasteiger partial charge is 0.379 e. The summed E-state index contributed by atoms with van der Waals surface area (Å²) >= 11 is 0. The minimum atomic E-state index is 0.448. The van der Waals surface area contributed by atoms with Crippen LogP contribution in [0.2, 0.25) is 0 Å². The Morgan fingerprint density at radius 1 is 1.32 bits per heavy atom. The maximum Gasteiger partial charge on any atom is 0.191 e. The molecule has 1 aliphatic heterocycles. The lowest BCUT2D eigenvalue weighted by Crippen LogP contribution is -2.44. The SMILES string of the molecule is CCNC(=NCC(C)N1CCOCC1)NCCCCn1ccnc1C. The van der Waals surface area contributed by atoms with E-state index in [1.807, 2.05) is 19.3 Å². The quantitative estimate of drug-likeness (QED) is 0.399. The summed E-state index contributed by atoms with van der Waals surface area (Å²) in [7, 11) is 0. The standard InChI is InChI=1S/C18H34N6O/c1-4-19-18(22-15-16(2)23-11-13-25-14-12-23)21-7-5-6-9-24-10-8-20-17(24)3/h8,10,16H,4-7,9,11-15H2,1-3H3,(H2,19,21,22). The van der Waals surface area contributed by atoms with Crippen molar-refractivity contribution < 1.29 is 4.74 Å². The Kier molecular flexibility index (Phi) is 8.76. The fraction of sp³-hybridized carbons (Fsp3) is 0.778. The van der Waals surface area contributed by atoms with Crippen molar-refractivity contribution in [2.75, 3.05) is 45.9 Å².